The van der Waals surface area contributed by atoms with E-state index in [-0.39, 0.29) is 11.3 Å². The Bertz CT molecular complexity index is 557. The summed E-state index contributed by atoms with van der Waals surface area (Å²) in [7, 11) is 1.70. The fraction of sp³-hybridized carbons (Fsp3) is 0.688. The topological polar surface area (TPSA) is 84.6 Å². The Hall–Kier alpha value is -1.89. The summed E-state index contributed by atoms with van der Waals surface area (Å²) in [6.07, 6.45) is 5.27. The third kappa shape index (κ3) is 3.55. The Morgan fingerprint density at radius 3 is 2.87 bits per heavy atom. The Labute approximate surface area is 136 Å². The van der Waals surface area contributed by atoms with E-state index in [2.05, 4.69) is 14.9 Å². The van der Waals surface area contributed by atoms with Gasteiger partial charge in [0, 0.05) is 57.9 Å². The van der Waals surface area contributed by atoms with Crippen molar-refractivity contribution in [2.75, 3.05) is 50.5 Å². The predicted molar refractivity (Wildman–Crippen MR) is 88.0 cm³/mol. The van der Waals surface area contributed by atoms with Gasteiger partial charge in [-0.05, 0) is 25.3 Å². The Balaban J connectivity index is 1.57. The average molecular weight is 319 g/mol. The minimum absolute atomic E-state index is 0.126. The van der Waals surface area contributed by atoms with Crippen molar-refractivity contribution in [2.24, 2.45) is 5.41 Å². The summed E-state index contributed by atoms with van der Waals surface area (Å²) >= 11 is 0. The second-order valence-electron chi connectivity index (χ2n) is 6.61. The number of hydrogen-bond acceptors (Lipinski definition) is 6. The number of carbonyl (C=O) groups excluding carboxylic acids is 1. The van der Waals surface area contributed by atoms with Crippen LogP contribution in [0.2, 0.25) is 0 Å². The molecule has 23 heavy (non-hydrogen) atoms. The van der Waals surface area contributed by atoms with Crippen molar-refractivity contribution in [1.82, 2.24) is 14.9 Å². The highest BCUT2D eigenvalue weighted by Gasteiger charge is 2.44. The molecule has 1 aromatic rings. The first-order chi connectivity index (χ1) is 11.1. The molecule has 1 aromatic heterocycles. The van der Waals surface area contributed by atoms with Crippen molar-refractivity contribution < 1.29 is 9.53 Å². The summed E-state index contributed by atoms with van der Waals surface area (Å²) < 4.78 is 5.08. The van der Waals surface area contributed by atoms with Gasteiger partial charge in [0.1, 0.15) is 5.82 Å². The lowest BCUT2D eigenvalue weighted by Gasteiger charge is -2.38. The molecule has 7 nitrogen and oxygen atoms in total. The van der Waals surface area contributed by atoms with Gasteiger partial charge in [-0.2, -0.15) is 4.98 Å². The lowest BCUT2D eigenvalue weighted by Crippen LogP contribution is -2.42. The van der Waals surface area contributed by atoms with Crippen LogP contribution in [-0.2, 0) is 9.53 Å². The van der Waals surface area contributed by atoms with E-state index in [1.165, 1.54) is 0 Å². The maximum absolute atomic E-state index is 12.3. The zero-order valence-corrected chi connectivity index (χ0v) is 13.7. The molecule has 7 heteroatoms. The largest absolute Gasteiger partial charge is 0.385 e. The van der Waals surface area contributed by atoms with Gasteiger partial charge < -0.3 is 20.3 Å². The average Bonchev–Trinajstić information content (AvgIpc) is 2.84. The number of likely N-dealkylation sites (tertiary alicyclic amines) is 1. The van der Waals surface area contributed by atoms with E-state index in [4.69, 9.17) is 10.5 Å². The highest BCUT2D eigenvalue weighted by molar-refractivity contribution is 5.79. The summed E-state index contributed by atoms with van der Waals surface area (Å²) in [6.45, 7) is 4.14. The fourth-order valence-corrected chi connectivity index (χ4v) is 3.62. The number of aromatic nitrogens is 2. The van der Waals surface area contributed by atoms with Crippen molar-refractivity contribution in [3.05, 3.63) is 12.3 Å². The fourth-order valence-electron chi connectivity index (χ4n) is 3.62. The van der Waals surface area contributed by atoms with Crippen molar-refractivity contribution in [3.63, 3.8) is 0 Å². The zero-order valence-electron chi connectivity index (χ0n) is 13.7. The number of methoxy groups -OCH3 is 1. The molecule has 2 N–H and O–H groups in total. The Morgan fingerprint density at radius 1 is 1.39 bits per heavy atom. The number of carbonyl (C=O) groups is 1. The number of nitrogens with two attached hydrogens (primary N) is 1. The molecule has 126 valence electrons. The van der Waals surface area contributed by atoms with Crippen LogP contribution in [0.1, 0.15) is 25.7 Å². The molecule has 0 saturated carbocycles. The standard InChI is InChI=1S/C16H25N5O2/c1-23-10-2-7-21-12-16(11-14(21)22)4-8-20(9-5-16)15-18-6-3-13(17)19-15/h3,6H,2,4-5,7-12H2,1H3,(H2,17,18,19). The van der Waals surface area contributed by atoms with Gasteiger partial charge in [-0.3, -0.25) is 4.79 Å². The van der Waals surface area contributed by atoms with Crippen molar-refractivity contribution in [2.45, 2.75) is 25.7 Å². The van der Waals surface area contributed by atoms with Crippen LogP contribution in [-0.4, -0.2) is 60.7 Å². The number of anilines is 2. The number of amides is 1. The second kappa shape index (κ2) is 6.70. The van der Waals surface area contributed by atoms with E-state index in [9.17, 15) is 4.79 Å². The van der Waals surface area contributed by atoms with Gasteiger partial charge in [-0.25, -0.2) is 4.98 Å². The van der Waals surface area contributed by atoms with Gasteiger partial charge in [0.25, 0.3) is 0 Å². The maximum atomic E-state index is 12.3. The highest BCUT2D eigenvalue weighted by atomic mass is 16.5. The third-order valence-electron chi connectivity index (χ3n) is 4.95. The van der Waals surface area contributed by atoms with Crippen LogP contribution < -0.4 is 10.6 Å². The number of piperidine rings is 1. The molecule has 0 aromatic carbocycles. The molecule has 1 spiro atoms. The van der Waals surface area contributed by atoms with Crippen LogP contribution in [0.15, 0.2) is 12.3 Å². The molecule has 2 saturated heterocycles. The van der Waals surface area contributed by atoms with E-state index in [1.807, 2.05) is 4.90 Å². The number of nitrogens with zero attached hydrogens (tertiary/aromatic N) is 4. The normalized spacial score (nSPS) is 20.5. The van der Waals surface area contributed by atoms with Gasteiger partial charge in [-0.15, -0.1) is 0 Å². The molecule has 0 atom stereocenters. The summed E-state index contributed by atoms with van der Waals surface area (Å²) in [5, 5.41) is 0. The number of ether oxygens (including phenoxy) is 1. The molecule has 1 amide bonds. The molecule has 2 aliphatic heterocycles. The van der Waals surface area contributed by atoms with Crippen molar-refractivity contribution in [1.29, 1.82) is 0 Å². The number of nitrogen functional groups attached to an aromatic ring is 1. The Kier molecular flexibility index (Phi) is 4.66. The van der Waals surface area contributed by atoms with Gasteiger partial charge in [0.05, 0.1) is 0 Å². The van der Waals surface area contributed by atoms with E-state index in [0.717, 1.165) is 45.4 Å². The molecule has 2 fully saturated rings. The maximum Gasteiger partial charge on any atom is 0.227 e. The molecule has 0 radical (unpaired) electrons. The molecular weight excluding hydrogens is 294 g/mol. The minimum atomic E-state index is 0.126. The quantitative estimate of drug-likeness (QED) is 0.812. The van der Waals surface area contributed by atoms with Crippen LogP contribution in [0.25, 0.3) is 0 Å². The number of hydrogen-bond donors (Lipinski definition) is 1. The van der Waals surface area contributed by atoms with Gasteiger partial charge in [0.15, 0.2) is 0 Å². The summed E-state index contributed by atoms with van der Waals surface area (Å²) in [5.41, 5.74) is 5.86. The molecule has 0 bridgehead atoms. The molecule has 0 aliphatic carbocycles. The van der Waals surface area contributed by atoms with E-state index in [1.54, 1.807) is 19.4 Å². The SMILES string of the molecule is COCCCN1CC2(CCN(c3nccc(N)n3)CC2)CC1=O. The molecule has 3 heterocycles. The van der Waals surface area contributed by atoms with Crippen molar-refractivity contribution >= 4 is 17.7 Å². The third-order valence-corrected chi connectivity index (χ3v) is 4.95. The first-order valence-corrected chi connectivity index (χ1v) is 8.22. The first kappa shape index (κ1) is 16.0. The van der Waals surface area contributed by atoms with Crippen LogP contribution in [0.5, 0.6) is 0 Å². The Morgan fingerprint density at radius 2 is 2.17 bits per heavy atom. The molecule has 3 rings (SSSR count). The monoisotopic (exact) mass is 319 g/mol. The minimum Gasteiger partial charge on any atom is -0.385 e. The van der Waals surface area contributed by atoms with Crippen LogP contribution in [0, 0.1) is 5.41 Å². The lowest BCUT2D eigenvalue weighted by atomic mass is 9.77. The van der Waals surface area contributed by atoms with Crippen LogP contribution in [0.4, 0.5) is 11.8 Å². The van der Waals surface area contributed by atoms with E-state index >= 15 is 0 Å². The zero-order chi connectivity index (χ0) is 16.3. The smallest absolute Gasteiger partial charge is 0.227 e. The highest BCUT2D eigenvalue weighted by Crippen LogP contribution is 2.41. The van der Waals surface area contributed by atoms with Gasteiger partial charge >= 0.3 is 0 Å². The van der Waals surface area contributed by atoms with Crippen LogP contribution in [0.3, 0.4) is 0 Å². The lowest BCUT2D eigenvalue weighted by molar-refractivity contribution is -0.128. The predicted octanol–water partition coefficient (Wildman–Crippen LogP) is 0.914. The van der Waals surface area contributed by atoms with Crippen LogP contribution >= 0.6 is 0 Å². The molecular formula is C16H25N5O2. The molecule has 0 unspecified atom stereocenters. The van der Waals surface area contributed by atoms with Crippen molar-refractivity contribution in [3.8, 4) is 0 Å². The molecule has 2 aliphatic rings. The first-order valence-electron chi connectivity index (χ1n) is 8.22. The van der Waals surface area contributed by atoms with Gasteiger partial charge in [-0.1, -0.05) is 0 Å². The van der Waals surface area contributed by atoms with E-state index < -0.39 is 0 Å². The number of rotatable bonds is 5. The summed E-state index contributed by atoms with van der Waals surface area (Å²) in [4.78, 5) is 25.0. The van der Waals surface area contributed by atoms with E-state index in [0.29, 0.717) is 24.8 Å². The van der Waals surface area contributed by atoms with Gasteiger partial charge in [0.2, 0.25) is 11.9 Å². The summed E-state index contributed by atoms with van der Waals surface area (Å²) in [5.74, 6) is 1.48. The summed E-state index contributed by atoms with van der Waals surface area (Å²) in [6, 6.07) is 1.70. The second-order valence-corrected chi connectivity index (χ2v) is 6.61.